The zero-order valence-corrected chi connectivity index (χ0v) is 11.7. The van der Waals surface area contributed by atoms with E-state index >= 15 is 0 Å². The topological polar surface area (TPSA) is 55.4 Å². The van der Waals surface area contributed by atoms with Gasteiger partial charge in [0.25, 0.3) is 0 Å². The number of rotatable bonds is 4. The number of amides is 1. The van der Waals surface area contributed by atoms with Crippen molar-refractivity contribution in [1.82, 2.24) is 0 Å². The second-order valence-corrected chi connectivity index (χ2v) is 5.66. The van der Waals surface area contributed by atoms with Gasteiger partial charge in [-0.2, -0.15) is 0 Å². The van der Waals surface area contributed by atoms with Crippen LogP contribution in [0.4, 0.5) is 5.69 Å². The summed E-state index contributed by atoms with van der Waals surface area (Å²) in [5, 5.41) is 3.02. The molecule has 4 nitrogen and oxygen atoms in total. The number of nitrogens with one attached hydrogen (secondary N) is 1. The van der Waals surface area contributed by atoms with E-state index in [4.69, 9.17) is 0 Å². The van der Waals surface area contributed by atoms with Gasteiger partial charge in [-0.05, 0) is 49.3 Å². The Morgan fingerprint density at radius 3 is 3.10 bits per heavy atom. The van der Waals surface area contributed by atoms with Crippen LogP contribution >= 0.6 is 0 Å². The Morgan fingerprint density at radius 2 is 2.30 bits per heavy atom. The number of ether oxygens (including phenoxy) is 1. The normalized spacial score (nSPS) is 23.1. The molecule has 1 atom stereocenters. The zero-order valence-electron chi connectivity index (χ0n) is 11.7. The summed E-state index contributed by atoms with van der Waals surface area (Å²) in [5.74, 6) is -0.103. The van der Waals surface area contributed by atoms with Crippen molar-refractivity contribution in [2.24, 2.45) is 0 Å². The van der Waals surface area contributed by atoms with Crippen LogP contribution in [-0.2, 0) is 26.2 Å². The Kier molecular flexibility index (Phi) is 3.24. The number of esters is 1. The molecular formula is C16H19NO3. The van der Waals surface area contributed by atoms with Crippen molar-refractivity contribution in [3.05, 3.63) is 29.3 Å². The lowest BCUT2D eigenvalue weighted by Crippen LogP contribution is -2.37. The van der Waals surface area contributed by atoms with Crippen LogP contribution in [0.15, 0.2) is 18.2 Å². The molecule has 0 aromatic heterocycles. The van der Waals surface area contributed by atoms with Crippen molar-refractivity contribution in [2.45, 2.75) is 43.9 Å². The third-order valence-corrected chi connectivity index (χ3v) is 4.57. The Hall–Kier alpha value is -1.84. The standard InChI is InChI=1S/C16H19NO3/c1-20-13(18)8-4-10-16-9-3-6-11-5-2-7-12(14(11)16)17-15(16)19/h2,5,7H,3-4,6,8-10H2,1H3,(H,17,19)/t16-/m0/s1. The van der Waals surface area contributed by atoms with Gasteiger partial charge in [-0.3, -0.25) is 9.59 Å². The second kappa shape index (κ2) is 4.93. The summed E-state index contributed by atoms with van der Waals surface area (Å²) in [6.45, 7) is 0. The highest BCUT2D eigenvalue weighted by Gasteiger charge is 2.48. The molecule has 2 aliphatic rings. The van der Waals surface area contributed by atoms with E-state index in [1.165, 1.54) is 18.2 Å². The van der Waals surface area contributed by atoms with Crippen LogP contribution in [0, 0.1) is 0 Å². The van der Waals surface area contributed by atoms with Gasteiger partial charge in [0.15, 0.2) is 0 Å². The third kappa shape index (κ3) is 1.90. The van der Waals surface area contributed by atoms with Crippen molar-refractivity contribution in [3.8, 4) is 0 Å². The Balaban J connectivity index is 1.88. The largest absolute Gasteiger partial charge is 0.469 e. The number of hydrogen-bond acceptors (Lipinski definition) is 3. The predicted molar refractivity (Wildman–Crippen MR) is 75.6 cm³/mol. The molecule has 0 unspecified atom stereocenters. The number of carbonyl (C=O) groups is 2. The number of benzene rings is 1. The van der Waals surface area contributed by atoms with Crippen molar-refractivity contribution in [3.63, 3.8) is 0 Å². The maximum atomic E-state index is 12.5. The van der Waals surface area contributed by atoms with Gasteiger partial charge in [0.2, 0.25) is 5.91 Å². The van der Waals surface area contributed by atoms with E-state index in [1.54, 1.807) is 0 Å². The zero-order chi connectivity index (χ0) is 14.2. The van der Waals surface area contributed by atoms with Crippen LogP contribution in [0.1, 0.15) is 43.2 Å². The highest BCUT2D eigenvalue weighted by atomic mass is 16.5. The number of aryl methyl sites for hydroxylation is 1. The van der Waals surface area contributed by atoms with E-state index in [1.807, 2.05) is 12.1 Å². The fourth-order valence-electron chi connectivity index (χ4n) is 3.65. The Morgan fingerprint density at radius 1 is 1.45 bits per heavy atom. The molecule has 1 aromatic carbocycles. The first-order valence-corrected chi connectivity index (χ1v) is 7.18. The molecule has 0 fully saturated rings. The summed E-state index contributed by atoms with van der Waals surface area (Å²) < 4.78 is 4.68. The molecule has 106 valence electrons. The van der Waals surface area contributed by atoms with Gasteiger partial charge in [-0.15, -0.1) is 0 Å². The first kappa shape index (κ1) is 13.2. The van der Waals surface area contributed by atoms with Crippen molar-refractivity contribution in [1.29, 1.82) is 0 Å². The van der Waals surface area contributed by atoms with Gasteiger partial charge < -0.3 is 10.1 Å². The summed E-state index contributed by atoms with van der Waals surface area (Å²) in [7, 11) is 1.40. The molecule has 1 aliphatic carbocycles. The lowest BCUT2D eigenvalue weighted by molar-refractivity contribution is -0.141. The van der Waals surface area contributed by atoms with Gasteiger partial charge in [0.05, 0.1) is 12.5 Å². The van der Waals surface area contributed by atoms with Crippen LogP contribution in [0.5, 0.6) is 0 Å². The number of anilines is 1. The average molecular weight is 273 g/mol. The van der Waals surface area contributed by atoms with E-state index in [9.17, 15) is 9.59 Å². The maximum Gasteiger partial charge on any atom is 0.305 e. The monoisotopic (exact) mass is 273 g/mol. The molecule has 1 aliphatic heterocycles. The fourth-order valence-corrected chi connectivity index (χ4v) is 3.65. The molecule has 0 bridgehead atoms. The van der Waals surface area contributed by atoms with E-state index in [-0.39, 0.29) is 11.9 Å². The first-order valence-electron chi connectivity index (χ1n) is 7.18. The summed E-state index contributed by atoms with van der Waals surface area (Å²) in [5.41, 5.74) is 3.01. The second-order valence-electron chi connectivity index (χ2n) is 5.66. The van der Waals surface area contributed by atoms with Gasteiger partial charge >= 0.3 is 5.97 Å². The minimum absolute atomic E-state index is 0.101. The van der Waals surface area contributed by atoms with Gasteiger partial charge in [0.1, 0.15) is 0 Å². The maximum absolute atomic E-state index is 12.5. The van der Waals surface area contributed by atoms with Crippen LogP contribution in [0.2, 0.25) is 0 Å². The SMILES string of the molecule is COC(=O)CCC[C@@]12CCCc3cccc(c31)NC2=O. The Bertz CT molecular complexity index is 567. The lowest BCUT2D eigenvalue weighted by Gasteiger charge is -2.33. The van der Waals surface area contributed by atoms with Gasteiger partial charge in [-0.25, -0.2) is 0 Å². The van der Waals surface area contributed by atoms with E-state index in [0.29, 0.717) is 12.8 Å². The molecular weight excluding hydrogens is 254 g/mol. The molecule has 0 saturated carbocycles. The highest BCUT2D eigenvalue weighted by molar-refractivity contribution is 6.07. The molecule has 0 saturated heterocycles. The molecule has 3 rings (SSSR count). The van der Waals surface area contributed by atoms with E-state index in [2.05, 4.69) is 16.1 Å². The number of hydrogen-bond donors (Lipinski definition) is 1. The molecule has 0 spiro atoms. The van der Waals surface area contributed by atoms with Gasteiger partial charge in [0, 0.05) is 12.1 Å². The van der Waals surface area contributed by atoms with Crippen molar-refractivity contribution in [2.75, 3.05) is 12.4 Å². The van der Waals surface area contributed by atoms with Crippen LogP contribution in [-0.4, -0.2) is 19.0 Å². The molecule has 20 heavy (non-hydrogen) atoms. The molecule has 1 heterocycles. The third-order valence-electron chi connectivity index (χ3n) is 4.57. The van der Waals surface area contributed by atoms with Crippen molar-refractivity contribution < 1.29 is 14.3 Å². The molecule has 1 amide bonds. The average Bonchev–Trinajstić information content (AvgIpc) is 2.74. The number of carbonyl (C=O) groups excluding carboxylic acids is 2. The van der Waals surface area contributed by atoms with Gasteiger partial charge in [-0.1, -0.05) is 12.1 Å². The summed E-state index contributed by atoms with van der Waals surface area (Å²) in [6, 6.07) is 6.10. The minimum atomic E-state index is -0.418. The van der Waals surface area contributed by atoms with Crippen molar-refractivity contribution >= 4 is 17.6 Å². The van der Waals surface area contributed by atoms with E-state index < -0.39 is 5.41 Å². The molecule has 1 N–H and O–H groups in total. The smallest absolute Gasteiger partial charge is 0.305 e. The lowest BCUT2D eigenvalue weighted by atomic mass is 9.68. The molecule has 0 radical (unpaired) electrons. The molecule has 1 aromatic rings. The summed E-state index contributed by atoms with van der Waals surface area (Å²) in [4.78, 5) is 23.8. The van der Waals surface area contributed by atoms with E-state index in [0.717, 1.165) is 31.4 Å². The number of methoxy groups -OCH3 is 1. The highest BCUT2D eigenvalue weighted by Crippen LogP contribution is 2.49. The summed E-state index contributed by atoms with van der Waals surface area (Å²) in [6.07, 6.45) is 4.73. The fraction of sp³-hybridized carbons (Fsp3) is 0.500. The predicted octanol–water partition coefficient (Wildman–Crippen LogP) is 2.56. The van der Waals surface area contributed by atoms with Crippen LogP contribution < -0.4 is 5.32 Å². The first-order chi connectivity index (χ1) is 9.67. The Labute approximate surface area is 118 Å². The minimum Gasteiger partial charge on any atom is -0.469 e. The van der Waals surface area contributed by atoms with Crippen LogP contribution in [0.25, 0.3) is 0 Å². The van der Waals surface area contributed by atoms with Crippen LogP contribution in [0.3, 0.4) is 0 Å². The quantitative estimate of drug-likeness (QED) is 0.858. The molecule has 4 heteroatoms. The summed E-state index contributed by atoms with van der Waals surface area (Å²) >= 11 is 0.